The van der Waals surface area contributed by atoms with Crippen LogP contribution in [-0.2, 0) is 0 Å². The molecular formula is C12H23N. The zero-order valence-corrected chi connectivity index (χ0v) is 9.27. The van der Waals surface area contributed by atoms with Crippen LogP contribution in [0.2, 0.25) is 0 Å². The Morgan fingerprint density at radius 1 is 1.38 bits per heavy atom. The van der Waals surface area contributed by atoms with Crippen LogP contribution >= 0.6 is 0 Å². The highest BCUT2D eigenvalue weighted by molar-refractivity contribution is 5.02. The minimum Gasteiger partial charge on any atom is -0.313 e. The normalized spacial score (nSPS) is 40.2. The highest BCUT2D eigenvalue weighted by Crippen LogP contribution is 2.52. The van der Waals surface area contributed by atoms with Gasteiger partial charge in [-0.05, 0) is 49.5 Å². The SMILES string of the molecule is CC(C)CC1NCCC1(C)C1CC1. The van der Waals surface area contributed by atoms with Crippen molar-refractivity contribution in [2.24, 2.45) is 17.3 Å². The van der Waals surface area contributed by atoms with Gasteiger partial charge in [-0.1, -0.05) is 20.8 Å². The van der Waals surface area contributed by atoms with Gasteiger partial charge in [0.1, 0.15) is 0 Å². The van der Waals surface area contributed by atoms with Crippen molar-refractivity contribution in [2.45, 2.75) is 52.5 Å². The Morgan fingerprint density at radius 3 is 2.62 bits per heavy atom. The molecule has 0 bridgehead atoms. The van der Waals surface area contributed by atoms with Gasteiger partial charge < -0.3 is 5.32 Å². The van der Waals surface area contributed by atoms with Crippen molar-refractivity contribution < 1.29 is 0 Å². The molecule has 0 spiro atoms. The molecule has 2 rings (SSSR count). The minimum atomic E-state index is 0.643. The molecule has 1 saturated carbocycles. The van der Waals surface area contributed by atoms with Gasteiger partial charge in [0.05, 0.1) is 0 Å². The Bertz CT molecular complexity index is 184. The van der Waals surface area contributed by atoms with E-state index in [1.54, 1.807) is 0 Å². The molecule has 1 saturated heterocycles. The molecular weight excluding hydrogens is 158 g/mol. The van der Waals surface area contributed by atoms with Crippen LogP contribution in [0.25, 0.3) is 0 Å². The van der Waals surface area contributed by atoms with Gasteiger partial charge in [0.25, 0.3) is 0 Å². The summed E-state index contributed by atoms with van der Waals surface area (Å²) in [5, 5.41) is 3.70. The van der Waals surface area contributed by atoms with Crippen LogP contribution in [-0.4, -0.2) is 12.6 Å². The molecule has 0 aromatic heterocycles. The summed E-state index contributed by atoms with van der Waals surface area (Å²) < 4.78 is 0. The zero-order chi connectivity index (χ0) is 9.47. The Morgan fingerprint density at radius 2 is 2.08 bits per heavy atom. The highest BCUT2D eigenvalue weighted by Gasteiger charge is 2.48. The van der Waals surface area contributed by atoms with Gasteiger partial charge in [0.15, 0.2) is 0 Å². The van der Waals surface area contributed by atoms with Crippen molar-refractivity contribution in [3.63, 3.8) is 0 Å². The molecule has 1 heterocycles. The summed E-state index contributed by atoms with van der Waals surface area (Å²) in [7, 11) is 0. The fraction of sp³-hybridized carbons (Fsp3) is 1.00. The van der Waals surface area contributed by atoms with Crippen LogP contribution in [0.5, 0.6) is 0 Å². The third-order valence-electron chi connectivity index (χ3n) is 4.07. The van der Waals surface area contributed by atoms with Crippen LogP contribution < -0.4 is 5.32 Å². The van der Waals surface area contributed by atoms with Crippen molar-refractivity contribution in [1.82, 2.24) is 5.32 Å². The molecule has 2 unspecified atom stereocenters. The van der Waals surface area contributed by atoms with E-state index in [4.69, 9.17) is 0 Å². The van der Waals surface area contributed by atoms with E-state index < -0.39 is 0 Å². The van der Waals surface area contributed by atoms with Gasteiger partial charge in [0, 0.05) is 6.04 Å². The van der Waals surface area contributed by atoms with Crippen LogP contribution in [0.15, 0.2) is 0 Å². The second-order valence-electron chi connectivity index (χ2n) is 5.67. The van der Waals surface area contributed by atoms with E-state index in [1.807, 2.05) is 0 Å². The maximum Gasteiger partial charge on any atom is 0.0126 e. The number of hydrogen-bond acceptors (Lipinski definition) is 1. The summed E-state index contributed by atoms with van der Waals surface area (Å²) in [6, 6.07) is 0.806. The fourth-order valence-electron chi connectivity index (χ4n) is 2.98. The van der Waals surface area contributed by atoms with E-state index in [0.29, 0.717) is 5.41 Å². The van der Waals surface area contributed by atoms with Gasteiger partial charge in [-0.2, -0.15) is 0 Å². The Balaban J connectivity index is 2.00. The maximum absolute atomic E-state index is 3.70. The van der Waals surface area contributed by atoms with Crippen molar-refractivity contribution in [1.29, 1.82) is 0 Å². The van der Waals surface area contributed by atoms with Crippen LogP contribution in [0.4, 0.5) is 0 Å². The highest BCUT2D eigenvalue weighted by atomic mass is 15.0. The molecule has 1 aliphatic heterocycles. The summed E-state index contributed by atoms with van der Waals surface area (Å²) in [4.78, 5) is 0. The van der Waals surface area contributed by atoms with Gasteiger partial charge in [-0.3, -0.25) is 0 Å². The second kappa shape index (κ2) is 3.27. The Labute approximate surface area is 82.3 Å². The summed E-state index contributed by atoms with van der Waals surface area (Å²) in [6.07, 6.45) is 5.77. The smallest absolute Gasteiger partial charge is 0.0126 e. The summed E-state index contributed by atoms with van der Waals surface area (Å²) in [5.41, 5.74) is 0.643. The minimum absolute atomic E-state index is 0.643. The predicted octanol–water partition coefficient (Wildman–Crippen LogP) is 2.81. The van der Waals surface area contributed by atoms with Crippen LogP contribution in [0, 0.1) is 17.3 Å². The first-order chi connectivity index (χ1) is 6.13. The number of nitrogens with one attached hydrogen (secondary N) is 1. The molecule has 76 valence electrons. The largest absolute Gasteiger partial charge is 0.313 e. The first kappa shape index (κ1) is 9.51. The molecule has 2 aliphatic rings. The summed E-state index contributed by atoms with van der Waals surface area (Å²) in [5.74, 6) is 1.89. The summed E-state index contributed by atoms with van der Waals surface area (Å²) in [6.45, 7) is 8.45. The van der Waals surface area contributed by atoms with Crippen molar-refractivity contribution in [3.05, 3.63) is 0 Å². The molecule has 1 nitrogen and oxygen atoms in total. The lowest BCUT2D eigenvalue weighted by molar-refractivity contribution is 0.210. The van der Waals surface area contributed by atoms with Crippen molar-refractivity contribution in [3.8, 4) is 0 Å². The van der Waals surface area contributed by atoms with Gasteiger partial charge in [-0.15, -0.1) is 0 Å². The predicted molar refractivity (Wildman–Crippen MR) is 56.7 cm³/mol. The average molecular weight is 181 g/mol. The standard InChI is InChI=1S/C12H23N/c1-9(2)8-11-12(3,6-7-13-11)10-4-5-10/h9-11,13H,4-8H2,1-3H3. The van der Waals surface area contributed by atoms with E-state index in [0.717, 1.165) is 17.9 Å². The molecule has 0 radical (unpaired) electrons. The zero-order valence-electron chi connectivity index (χ0n) is 9.27. The number of hydrogen-bond donors (Lipinski definition) is 1. The molecule has 2 atom stereocenters. The quantitative estimate of drug-likeness (QED) is 0.706. The average Bonchev–Trinajstić information content (AvgIpc) is 2.80. The van der Waals surface area contributed by atoms with Gasteiger partial charge >= 0.3 is 0 Å². The van der Waals surface area contributed by atoms with Gasteiger partial charge in [0.2, 0.25) is 0 Å². The third-order valence-corrected chi connectivity index (χ3v) is 4.07. The number of rotatable bonds is 3. The van der Waals surface area contributed by atoms with E-state index in [-0.39, 0.29) is 0 Å². The van der Waals surface area contributed by atoms with Crippen molar-refractivity contribution in [2.75, 3.05) is 6.54 Å². The van der Waals surface area contributed by atoms with Crippen molar-refractivity contribution >= 4 is 0 Å². The topological polar surface area (TPSA) is 12.0 Å². The molecule has 0 amide bonds. The molecule has 1 heteroatoms. The molecule has 1 N–H and O–H groups in total. The fourth-order valence-corrected chi connectivity index (χ4v) is 2.98. The Hall–Kier alpha value is -0.0400. The molecule has 0 aromatic carbocycles. The Kier molecular flexibility index (Phi) is 2.39. The first-order valence-corrected chi connectivity index (χ1v) is 5.86. The van der Waals surface area contributed by atoms with Crippen LogP contribution in [0.1, 0.15) is 46.5 Å². The van der Waals surface area contributed by atoms with E-state index in [1.165, 1.54) is 32.2 Å². The lowest BCUT2D eigenvalue weighted by Crippen LogP contribution is -2.37. The third kappa shape index (κ3) is 1.76. The van der Waals surface area contributed by atoms with Gasteiger partial charge in [-0.25, -0.2) is 0 Å². The van der Waals surface area contributed by atoms with E-state index >= 15 is 0 Å². The lowest BCUT2D eigenvalue weighted by atomic mass is 9.75. The molecule has 13 heavy (non-hydrogen) atoms. The first-order valence-electron chi connectivity index (χ1n) is 5.86. The van der Waals surface area contributed by atoms with E-state index in [9.17, 15) is 0 Å². The second-order valence-corrected chi connectivity index (χ2v) is 5.67. The van der Waals surface area contributed by atoms with Crippen LogP contribution in [0.3, 0.4) is 0 Å². The maximum atomic E-state index is 3.70. The molecule has 0 aromatic rings. The molecule has 1 aliphatic carbocycles. The molecule has 2 fully saturated rings. The monoisotopic (exact) mass is 181 g/mol. The lowest BCUT2D eigenvalue weighted by Gasteiger charge is -2.32. The summed E-state index contributed by atoms with van der Waals surface area (Å²) >= 11 is 0. The van der Waals surface area contributed by atoms with E-state index in [2.05, 4.69) is 26.1 Å².